The maximum Gasteiger partial charge on any atom is 0.264 e. The minimum Gasteiger partial charge on any atom is -0.367 e. The first kappa shape index (κ1) is 23.8. The molecule has 1 fully saturated rings. The number of likely N-dealkylation sites (N-methyl/N-ethyl adjacent to an activating group) is 1. The molecule has 0 spiro atoms. The van der Waals surface area contributed by atoms with E-state index in [0.29, 0.717) is 11.3 Å². The molecule has 7 nitrogen and oxygen atoms in total. The Kier molecular flexibility index (Phi) is 7.19. The Morgan fingerprint density at radius 2 is 1.50 bits per heavy atom. The molecule has 0 bridgehead atoms. The van der Waals surface area contributed by atoms with E-state index in [1.807, 2.05) is 30.3 Å². The summed E-state index contributed by atoms with van der Waals surface area (Å²) in [6.07, 6.45) is 0. The van der Waals surface area contributed by atoms with Crippen LogP contribution < -0.4 is 14.5 Å². The van der Waals surface area contributed by atoms with Crippen molar-refractivity contribution in [3.8, 4) is 0 Å². The second-order valence-electron chi connectivity index (χ2n) is 8.23. The number of carbonyl (C=O) groups excluding carboxylic acids is 1. The first-order chi connectivity index (χ1) is 16.4. The molecule has 0 saturated carbocycles. The van der Waals surface area contributed by atoms with Crippen molar-refractivity contribution >= 4 is 33.0 Å². The number of sulfonamides is 1. The molecule has 0 aliphatic carbocycles. The summed E-state index contributed by atoms with van der Waals surface area (Å²) in [4.78, 5) is 17.8. The van der Waals surface area contributed by atoms with Crippen molar-refractivity contribution in [3.63, 3.8) is 0 Å². The summed E-state index contributed by atoms with van der Waals surface area (Å²) in [6.45, 7) is 7.00. The van der Waals surface area contributed by atoms with Crippen molar-refractivity contribution in [3.05, 3.63) is 84.4 Å². The molecule has 0 unspecified atom stereocenters. The summed E-state index contributed by atoms with van der Waals surface area (Å²) in [7, 11) is -2.21. The van der Waals surface area contributed by atoms with Crippen LogP contribution in [0.25, 0.3) is 0 Å². The smallest absolute Gasteiger partial charge is 0.264 e. The van der Waals surface area contributed by atoms with Gasteiger partial charge in [0.25, 0.3) is 15.9 Å². The van der Waals surface area contributed by atoms with Crippen LogP contribution in [0.15, 0.2) is 83.8 Å². The number of benzene rings is 3. The fraction of sp³-hybridized carbons (Fsp3) is 0.269. The third-order valence-electron chi connectivity index (χ3n) is 6.21. The van der Waals surface area contributed by atoms with Gasteiger partial charge in [0, 0.05) is 38.8 Å². The molecule has 1 amide bonds. The number of nitrogens with one attached hydrogen (secondary N) is 1. The van der Waals surface area contributed by atoms with Crippen molar-refractivity contribution in [1.29, 1.82) is 0 Å². The SMILES string of the molecule is CCN1CCN(c2ccccc2NC(=O)c2ccc(S(=O)(=O)N(C)c3ccccc3)cc2)CC1. The molecule has 34 heavy (non-hydrogen) atoms. The third kappa shape index (κ3) is 5.08. The molecule has 4 rings (SSSR count). The maximum atomic E-state index is 13.0. The zero-order valence-electron chi connectivity index (χ0n) is 19.5. The van der Waals surface area contributed by atoms with E-state index >= 15 is 0 Å². The van der Waals surface area contributed by atoms with E-state index < -0.39 is 10.0 Å². The third-order valence-corrected chi connectivity index (χ3v) is 8.01. The van der Waals surface area contributed by atoms with Crippen LogP contribution in [0.2, 0.25) is 0 Å². The van der Waals surface area contributed by atoms with Crippen LogP contribution in [0, 0.1) is 0 Å². The van der Waals surface area contributed by atoms with Crippen molar-refractivity contribution in [2.75, 3.05) is 54.3 Å². The number of piperazine rings is 1. The average molecular weight is 479 g/mol. The highest BCUT2D eigenvalue weighted by molar-refractivity contribution is 7.92. The highest BCUT2D eigenvalue weighted by atomic mass is 32.2. The molecular formula is C26H30N4O3S. The first-order valence-electron chi connectivity index (χ1n) is 11.4. The molecule has 1 heterocycles. The average Bonchev–Trinajstić information content (AvgIpc) is 2.89. The normalized spacial score (nSPS) is 14.6. The summed E-state index contributed by atoms with van der Waals surface area (Å²) in [5.74, 6) is -0.278. The zero-order chi connectivity index (χ0) is 24.1. The van der Waals surface area contributed by atoms with Crippen molar-refractivity contribution in [2.24, 2.45) is 0 Å². The van der Waals surface area contributed by atoms with Crippen LogP contribution in [0.5, 0.6) is 0 Å². The Morgan fingerprint density at radius 1 is 0.882 bits per heavy atom. The molecule has 0 atom stereocenters. The van der Waals surface area contributed by atoms with Gasteiger partial charge in [-0.05, 0) is 55.1 Å². The molecule has 1 N–H and O–H groups in total. The van der Waals surface area contributed by atoms with Crippen LogP contribution in [0.4, 0.5) is 17.1 Å². The van der Waals surface area contributed by atoms with Crippen molar-refractivity contribution in [2.45, 2.75) is 11.8 Å². The summed E-state index contributed by atoms with van der Waals surface area (Å²) in [5, 5.41) is 3.00. The van der Waals surface area contributed by atoms with E-state index in [0.717, 1.165) is 44.1 Å². The summed E-state index contributed by atoms with van der Waals surface area (Å²) < 4.78 is 27.2. The molecule has 3 aromatic carbocycles. The lowest BCUT2D eigenvalue weighted by Crippen LogP contribution is -2.46. The Hall–Kier alpha value is -3.36. The fourth-order valence-electron chi connectivity index (χ4n) is 4.07. The molecule has 0 radical (unpaired) electrons. The van der Waals surface area contributed by atoms with Gasteiger partial charge in [0.2, 0.25) is 0 Å². The van der Waals surface area contributed by atoms with Crippen molar-refractivity contribution < 1.29 is 13.2 Å². The first-order valence-corrected chi connectivity index (χ1v) is 12.9. The lowest BCUT2D eigenvalue weighted by Gasteiger charge is -2.36. The number of para-hydroxylation sites is 3. The van der Waals surface area contributed by atoms with Crippen LogP contribution in [-0.2, 0) is 10.0 Å². The Bertz CT molecular complexity index is 1220. The summed E-state index contributed by atoms with van der Waals surface area (Å²) in [5.41, 5.74) is 2.71. The number of anilines is 3. The number of rotatable bonds is 7. The predicted octanol–water partition coefficient (Wildman–Crippen LogP) is 3.91. The Labute approximate surface area is 201 Å². The van der Waals surface area contributed by atoms with Gasteiger partial charge in [-0.25, -0.2) is 8.42 Å². The highest BCUT2D eigenvalue weighted by Gasteiger charge is 2.22. The predicted molar refractivity (Wildman–Crippen MR) is 137 cm³/mol. The largest absolute Gasteiger partial charge is 0.367 e. The minimum absolute atomic E-state index is 0.129. The van der Waals surface area contributed by atoms with Gasteiger partial charge in [-0.1, -0.05) is 37.3 Å². The molecule has 8 heteroatoms. The van der Waals surface area contributed by atoms with Gasteiger partial charge in [0.15, 0.2) is 0 Å². The second kappa shape index (κ2) is 10.3. The monoisotopic (exact) mass is 478 g/mol. The lowest BCUT2D eigenvalue weighted by atomic mass is 10.1. The highest BCUT2D eigenvalue weighted by Crippen LogP contribution is 2.27. The van der Waals surface area contributed by atoms with Crippen LogP contribution in [-0.4, -0.2) is 59.0 Å². The van der Waals surface area contributed by atoms with Gasteiger partial charge in [0.05, 0.1) is 22.0 Å². The minimum atomic E-state index is -3.73. The molecule has 178 valence electrons. The van der Waals surface area contributed by atoms with Gasteiger partial charge in [-0.3, -0.25) is 9.10 Å². The standard InChI is InChI=1S/C26H30N4O3S/c1-3-29-17-19-30(20-18-29)25-12-8-7-11-24(25)27-26(31)21-13-15-23(16-14-21)34(32,33)28(2)22-9-5-4-6-10-22/h4-16H,3,17-20H2,1-2H3,(H,27,31). The van der Waals surface area contributed by atoms with Gasteiger partial charge >= 0.3 is 0 Å². The van der Waals surface area contributed by atoms with Crippen LogP contribution >= 0.6 is 0 Å². The van der Waals surface area contributed by atoms with E-state index in [4.69, 9.17) is 0 Å². The van der Waals surface area contributed by atoms with Crippen LogP contribution in [0.3, 0.4) is 0 Å². The number of nitrogens with zero attached hydrogens (tertiary/aromatic N) is 3. The molecule has 0 aromatic heterocycles. The summed E-state index contributed by atoms with van der Waals surface area (Å²) >= 11 is 0. The number of carbonyl (C=O) groups is 1. The van der Waals surface area contributed by atoms with E-state index in [1.165, 1.54) is 23.5 Å². The van der Waals surface area contributed by atoms with Gasteiger partial charge in [-0.15, -0.1) is 0 Å². The van der Waals surface area contributed by atoms with Crippen LogP contribution in [0.1, 0.15) is 17.3 Å². The van der Waals surface area contributed by atoms with Gasteiger partial charge in [0.1, 0.15) is 0 Å². The van der Waals surface area contributed by atoms with Crippen molar-refractivity contribution in [1.82, 2.24) is 4.90 Å². The van der Waals surface area contributed by atoms with Gasteiger partial charge < -0.3 is 15.1 Å². The van der Waals surface area contributed by atoms with E-state index in [9.17, 15) is 13.2 Å². The number of amides is 1. The van der Waals surface area contributed by atoms with E-state index in [-0.39, 0.29) is 10.8 Å². The molecule has 1 aliphatic rings. The molecule has 3 aromatic rings. The quantitative estimate of drug-likeness (QED) is 0.558. The van der Waals surface area contributed by atoms with E-state index in [2.05, 4.69) is 22.0 Å². The molecular weight excluding hydrogens is 448 g/mol. The lowest BCUT2D eigenvalue weighted by molar-refractivity contribution is 0.102. The Morgan fingerprint density at radius 3 is 2.15 bits per heavy atom. The molecule has 1 aliphatic heterocycles. The van der Waals surface area contributed by atoms with E-state index in [1.54, 1.807) is 36.4 Å². The number of hydrogen-bond donors (Lipinski definition) is 1. The maximum absolute atomic E-state index is 13.0. The fourth-order valence-corrected chi connectivity index (χ4v) is 5.26. The second-order valence-corrected chi connectivity index (χ2v) is 10.2. The van der Waals surface area contributed by atoms with Gasteiger partial charge in [-0.2, -0.15) is 0 Å². The molecule has 1 saturated heterocycles. The summed E-state index contributed by atoms with van der Waals surface area (Å²) in [6, 6.07) is 22.7. The Balaban J connectivity index is 1.48. The zero-order valence-corrected chi connectivity index (χ0v) is 20.3. The number of hydrogen-bond acceptors (Lipinski definition) is 5. The topological polar surface area (TPSA) is 73.0 Å².